The Morgan fingerprint density at radius 3 is 2.50 bits per heavy atom. The lowest BCUT2D eigenvalue weighted by atomic mass is 9.89. The molecule has 2 rings (SSSR count). The van der Waals surface area contributed by atoms with Gasteiger partial charge in [0.05, 0.1) is 18.3 Å². The number of thiazole rings is 1. The molecule has 1 atom stereocenters. The van der Waals surface area contributed by atoms with Crippen molar-refractivity contribution in [3.05, 3.63) is 40.9 Å². The van der Waals surface area contributed by atoms with Gasteiger partial charge in [0.1, 0.15) is 5.01 Å². The first-order valence-electron chi connectivity index (χ1n) is 8.84. The lowest BCUT2D eigenvalue weighted by Crippen LogP contribution is -2.45. The largest absolute Gasteiger partial charge is 0.379 e. The third-order valence-corrected chi connectivity index (χ3v) is 5.47. The van der Waals surface area contributed by atoms with Crippen LogP contribution in [-0.2, 0) is 11.3 Å². The number of nitrogens with zero attached hydrogens (tertiary/aromatic N) is 2. The first kappa shape index (κ1) is 20.4. The molecule has 0 saturated heterocycles. The molecule has 5 nitrogen and oxygen atoms in total. The highest BCUT2D eigenvalue weighted by atomic mass is 32.1. The Hall–Kier alpha value is -1.92. The molecule has 0 radical (unpaired) electrons. The summed E-state index contributed by atoms with van der Waals surface area (Å²) in [5, 5.41) is 7.78. The number of guanidine groups is 1. The van der Waals surface area contributed by atoms with Crippen molar-refractivity contribution >= 4 is 17.3 Å². The summed E-state index contributed by atoms with van der Waals surface area (Å²) in [5.41, 5.74) is 2.28. The van der Waals surface area contributed by atoms with Gasteiger partial charge in [0, 0.05) is 31.1 Å². The first-order chi connectivity index (χ1) is 12.3. The first-order valence-corrected chi connectivity index (χ1v) is 9.65. The van der Waals surface area contributed by atoms with Crippen molar-refractivity contribution in [1.29, 1.82) is 0 Å². The van der Waals surface area contributed by atoms with Crippen molar-refractivity contribution in [2.24, 2.45) is 10.4 Å². The molecule has 26 heavy (non-hydrogen) atoms. The highest BCUT2D eigenvalue weighted by Crippen LogP contribution is 2.27. The third-order valence-electron chi connectivity index (χ3n) is 4.26. The molecular weight excluding hydrogens is 344 g/mol. The molecule has 1 heterocycles. The molecule has 6 heteroatoms. The molecule has 0 fully saturated rings. The number of nitrogens with one attached hydrogen (secondary N) is 2. The summed E-state index contributed by atoms with van der Waals surface area (Å²) in [7, 11) is 3.53. The van der Waals surface area contributed by atoms with Gasteiger partial charge in [-0.2, -0.15) is 0 Å². The van der Waals surface area contributed by atoms with E-state index in [2.05, 4.69) is 55.5 Å². The van der Waals surface area contributed by atoms with E-state index in [-0.39, 0.29) is 11.5 Å². The fourth-order valence-corrected chi connectivity index (χ4v) is 3.62. The van der Waals surface area contributed by atoms with Crippen molar-refractivity contribution in [3.8, 4) is 10.6 Å². The predicted molar refractivity (Wildman–Crippen MR) is 111 cm³/mol. The fourth-order valence-electron chi connectivity index (χ4n) is 2.61. The van der Waals surface area contributed by atoms with Crippen LogP contribution in [-0.4, -0.2) is 37.7 Å². The van der Waals surface area contributed by atoms with Crippen molar-refractivity contribution in [2.45, 2.75) is 40.3 Å². The third kappa shape index (κ3) is 5.54. The maximum Gasteiger partial charge on any atom is 0.191 e. The van der Waals surface area contributed by atoms with E-state index in [9.17, 15) is 0 Å². The topological polar surface area (TPSA) is 58.5 Å². The maximum absolute atomic E-state index is 5.59. The number of hydrogen-bond donors (Lipinski definition) is 2. The number of aromatic nitrogens is 1. The SMILES string of the molecule is CN=C(NCc1sc(-c2ccccc2)nc1C)NCC(OC)C(C)(C)C. The molecule has 0 amide bonds. The lowest BCUT2D eigenvalue weighted by molar-refractivity contribution is 0.0205. The van der Waals surface area contributed by atoms with Crippen LogP contribution in [0.5, 0.6) is 0 Å². The van der Waals surface area contributed by atoms with Crippen LogP contribution in [0.1, 0.15) is 31.3 Å². The van der Waals surface area contributed by atoms with E-state index in [0.29, 0.717) is 13.1 Å². The quantitative estimate of drug-likeness (QED) is 0.596. The van der Waals surface area contributed by atoms with Gasteiger partial charge in [-0.25, -0.2) is 4.98 Å². The van der Waals surface area contributed by atoms with Crippen LogP contribution in [0, 0.1) is 12.3 Å². The monoisotopic (exact) mass is 374 g/mol. The molecule has 2 N–H and O–H groups in total. The summed E-state index contributed by atoms with van der Waals surface area (Å²) >= 11 is 1.72. The maximum atomic E-state index is 5.59. The number of rotatable bonds is 6. The van der Waals surface area contributed by atoms with Crippen molar-refractivity contribution in [2.75, 3.05) is 20.7 Å². The highest BCUT2D eigenvalue weighted by molar-refractivity contribution is 7.15. The standard InChI is InChI=1S/C20H30N4OS/c1-14-16(26-18(24-14)15-10-8-7-9-11-15)12-22-19(21-5)23-13-17(25-6)20(2,3)4/h7-11,17H,12-13H2,1-6H3,(H2,21,22,23). The second-order valence-corrected chi connectivity index (χ2v) is 8.37. The van der Waals surface area contributed by atoms with Crippen LogP contribution in [0.3, 0.4) is 0 Å². The van der Waals surface area contributed by atoms with Gasteiger partial charge < -0.3 is 15.4 Å². The minimum absolute atomic E-state index is 0.0689. The molecule has 142 valence electrons. The summed E-state index contributed by atoms with van der Waals surface area (Å²) in [4.78, 5) is 10.2. The van der Waals surface area contributed by atoms with Gasteiger partial charge in [-0.1, -0.05) is 51.1 Å². The zero-order chi connectivity index (χ0) is 19.2. The van der Waals surface area contributed by atoms with E-state index in [0.717, 1.165) is 22.2 Å². The summed E-state index contributed by atoms with van der Waals surface area (Å²) in [6.45, 7) is 9.97. The molecule has 1 aromatic carbocycles. The number of ether oxygens (including phenoxy) is 1. The van der Waals surface area contributed by atoms with Gasteiger partial charge in [-0.3, -0.25) is 4.99 Å². The van der Waals surface area contributed by atoms with E-state index < -0.39 is 0 Å². The van der Waals surface area contributed by atoms with E-state index in [1.165, 1.54) is 4.88 Å². The number of aryl methyl sites for hydroxylation is 1. The van der Waals surface area contributed by atoms with E-state index in [1.54, 1.807) is 25.5 Å². The van der Waals surface area contributed by atoms with Gasteiger partial charge in [0.2, 0.25) is 0 Å². The van der Waals surface area contributed by atoms with E-state index >= 15 is 0 Å². The Labute approximate surface area is 160 Å². The van der Waals surface area contributed by atoms with Gasteiger partial charge in [-0.15, -0.1) is 11.3 Å². The lowest BCUT2D eigenvalue weighted by Gasteiger charge is -2.30. The predicted octanol–water partition coefficient (Wildman–Crippen LogP) is 3.84. The second-order valence-electron chi connectivity index (χ2n) is 7.29. The molecular formula is C20H30N4OS. The van der Waals surface area contributed by atoms with Gasteiger partial charge >= 0.3 is 0 Å². The number of aliphatic imine (C=N–C) groups is 1. The Balaban J connectivity index is 1.96. The smallest absolute Gasteiger partial charge is 0.191 e. The molecule has 2 aromatic rings. The van der Waals surface area contributed by atoms with Gasteiger partial charge in [-0.05, 0) is 12.3 Å². The molecule has 0 saturated carbocycles. The summed E-state index contributed by atoms with van der Waals surface area (Å²) in [6, 6.07) is 10.3. The molecule has 1 aromatic heterocycles. The average Bonchev–Trinajstić information content (AvgIpc) is 2.98. The minimum Gasteiger partial charge on any atom is -0.379 e. The van der Waals surface area contributed by atoms with Crippen molar-refractivity contribution in [1.82, 2.24) is 15.6 Å². The molecule has 0 aliphatic carbocycles. The van der Waals surface area contributed by atoms with E-state index in [1.807, 2.05) is 18.2 Å². The van der Waals surface area contributed by atoms with Crippen LogP contribution in [0.2, 0.25) is 0 Å². The fraction of sp³-hybridized carbons (Fsp3) is 0.500. The van der Waals surface area contributed by atoms with Crippen LogP contribution in [0.4, 0.5) is 0 Å². The number of methoxy groups -OCH3 is 1. The normalized spacial score (nSPS) is 13.5. The Bertz CT molecular complexity index is 719. The zero-order valence-corrected chi connectivity index (χ0v) is 17.4. The van der Waals surface area contributed by atoms with Crippen molar-refractivity contribution < 1.29 is 4.74 Å². The van der Waals surface area contributed by atoms with E-state index in [4.69, 9.17) is 9.72 Å². The zero-order valence-electron chi connectivity index (χ0n) is 16.6. The van der Waals surface area contributed by atoms with Crippen LogP contribution in [0.25, 0.3) is 10.6 Å². The Morgan fingerprint density at radius 1 is 1.23 bits per heavy atom. The van der Waals surface area contributed by atoms with Gasteiger partial charge in [0.15, 0.2) is 5.96 Å². The molecule has 0 spiro atoms. The number of benzene rings is 1. The molecule has 0 aliphatic rings. The summed E-state index contributed by atoms with van der Waals surface area (Å²) < 4.78 is 5.59. The van der Waals surface area contributed by atoms with Gasteiger partial charge in [0.25, 0.3) is 0 Å². The average molecular weight is 375 g/mol. The number of hydrogen-bond acceptors (Lipinski definition) is 4. The highest BCUT2D eigenvalue weighted by Gasteiger charge is 2.24. The summed E-state index contributed by atoms with van der Waals surface area (Å²) in [5.74, 6) is 0.769. The minimum atomic E-state index is 0.0689. The molecule has 0 aliphatic heterocycles. The van der Waals surface area contributed by atoms with Crippen molar-refractivity contribution in [3.63, 3.8) is 0 Å². The van der Waals surface area contributed by atoms with Crippen LogP contribution >= 0.6 is 11.3 Å². The molecule has 0 bridgehead atoms. The Morgan fingerprint density at radius 2 is 1.92 bits per heavy atom. The van der Waals surface area contributed by atoms with Crippen LogP contribution < -0.4 is 10.6 Å². The summed E-state index contributed by atoms with van der Waals surface area (Å²) in [6.07, 6.45) is 0.107. The Kier molecular flexibility index (Phi) is 7.17. The second kappa shape index (κ2) is 9.14. The molecule has 1 unspecified atom stereocenters. The van der Waals surface area contributed by atoms with Crippen LogP contribution in [0.15, 0.2) is 35.3 Å².